The van der Waals surface area contributed by atoms with Crippen LogP contribution in [0.25, 0.3) is 11.0 Å². The highest BCUT2D eigenvalue weighted by molar-refractivity contribution is 6.30. The minimum Gasteiger partial charge on any atom is -0.451 e. The Labute approximate surface area is 132 Å². The van der Waals surface area contributed by atoms with Crippen LogP contribution in [0.5, 0.6) is 0 Å². The molecular formula is C18H12ClNO2. The van der Waals surface area contributed by atoms with Crippen molar-refractivity contribution in [1.29, 1.82) is 0 Å². The van der Waals surface area contributed by atoms with Crippen LogP contribution >= 0.6 is 11.6 Å². The number of hydrogen-bond acceptors (Lipinski definition) is 2. The van der Waals surface area contributed by atoms with E-state index in [9.17, 15) is 4.79 Å². The highest BCUT2D eigenvalue weighted by Gasteiger charge is 2.10. The van der Waals surface area contributed by atoms with E-state index in [1.54, 1.807) is 18.2 Å². The molecule has 3 rings (SSSR count). The van der Waals surface area contributed by atoms with Gasteiger partial charge in [0.2, 0.25) is 0 Å². The standard InChI is InChI=1S/C18H12ClNO2/c19-15-8-3-5-13(11-15)6-4-10-20-18(21)17-12-14-7-1-2-9-16(14)22-17/h1-3,5,7-9,11-12H,10H2,(H,20,21). The predicted octanol–water partition coefficient (Wildman–Crippen LogP) is 3.87. The Morgan fingerprint density at radius 1 is 1.14 bits per heavy atom. The molecule has 22 heavy (non-hydrogen) atoms. The third kappa shape index (κ3) is 3.30. The van der Waals surface area contributed by atoms with Gasteiger partial charge >= 0.3 is 0 Å². The number of carbonyl (C=O) groups is 1. The highest BCUT2D eigenvalue weighted by Crippen LogP contribution is 2.18. The summed E-state index contributed by atoms with van der Waals surface area (Å²) in [5.74, 6) is 5.82. The Morgan fingerprint density at radius 3 is 2.82 bits per heavy atom. The zero-order valence-corrected chi connectivity index (χ0v) is 12.4. The molecule has 1 amide bonds. The van der Waals surface area contributed by atoms with Crippen molar-refractivity contribution in [3.05, 3.63) is 70.9 Å². The van der Waals surface area contributed by atoms with E-state index in [1.165, 1.54) is 0 Å². The largest absolute Gasteiger partial charge is 0.451 e. The van der Waals surface area contributed by atoms with Crippen LogP contribution in [0.3, 0.4) is 0 Å². The van der Waals surface area contributed by atoms with Crippen molar-refractivity contribution in [1.82, 2.24) is 5.32 Å². The SMILES string of the molecule is O=C(NCC#Cc1cccc(Cl)c1)c1cc2ccccc2o1. The molecule has 1 N–H and O–H groups in total. The first-order valence-corrected chi connectivity index (χ1v) is 7.11. The molecule has 0 saturated carbocycles. The number of benzene rings is 2. The number of fused-ring (bicyclic) bond motifs is 1. The van der Waals surface area contributed by atoms with Crippen LogP contribution < -0.4 is 5.32 Å². The number of halogens is 1. The van der Waals surface area contributed by atoms with Crippen molar-refractivity contribution in [2.24, 2.45) is 0 Å². The molecule has 2 aromatic carbocycles. The number of hydrogen-bond donors (Lipinski definition) is 1. The van der Waals surface area contributed by atoms with E-state index in [-0.39, 0.29) is 18.2 Å². The van der Waals surface area contributed by atoms with Crippen LogP contribution in [0, 0.1) is 11.8 Å². The van der Waals surface area contributed by atoms with Gasteiger partial charge < -0.3 is 9.73 Å². The van der Waals surface area contributed by atoms with Gasteiger partial charge in [-0.15, -0.1) is 0 Å². The minimum absolute atomic E-state index is 0.238. The first-order valence-electron chi connectivity index (χ1n) is 6.73. The molecule has 0 atom stereocenters. The lowest BCUT2D eigenvalue weighted by Gasteiger charge is -1.96. The number of para-hydroxylation sites is 1. The quantitative estimate of drug-likeness (QED) is 0.730. The molecule has 3 nitrogen and oxygen atoms in total. The fourth-order valence-corrected chi connectivity index (χ4v) is 2.21. The summed E-state index contributed by atoms with van der Waals surface area (Å²) in [5, 5.41) is 4.24. The van der Waals surface area contributed by atoms with Crippen molar-refractivity contribution in [3.8, 4) is 11.8 Å². The van der Waals surface area contributed by atoms with Gasteiger partial charge in [-0.2, -0.15) is 0 Å². The Kier molecular flexibility index (Phi) is 4.13. The summed E-state index contributed by atoms with van der Waals surface area (Å²) >= 11 is 5.88. The van der Waals surface area contributed by atoms with Gasteiger partial charge in [0.1, 0.15) is 5.58 Å². The molecule has 0 spiro atoms. The predicted molar refractivity (Wildman–Crippen MR) is 86.9 cm³/mol. The second-order valence-electron chi connectivity index (χ2n) is 4.64. The van der Waals surface area contributed by atoms with Crippen molar-refractivity contribution in [2.45, 2.75) is 0 Å². The molecule has 0 saturated heterocycles. The summed E-state index contributed by atoms with van der Waals surface area (Å²) in [6.07, 6.45) is 0. The first kappa shape index (κ1) is 14.2. The molecule has 0 unspecified atom stereocenters. The maximum atomic E-state index is 12.0. The van der Waals surface area contributed by atoms with Crippen LogP contribution in [0.15, 0.2) is 59.0 Å². The fourth-order valence-electron chi connectivity index (χ4n) is 2.02. The van der Waals surface area contributed by atoms with E-state index in [0.717, 1.165) is 10.9 Å². The van der Waals surface area contributed by atoms with Gasteiger partial charge in [0.25, 0.3) is 5.91 Å². The maximum Gasteiger partial charge on any atom is 0.287 e. The number of carbonyl (C=O) groups excluding carboxylic acids is 1. The van der Waals surface area contributed by atoms with Crippen molar-refractivity contribution < 1.29 is 9.21 Å². The lowest BCUT2D eigenvalue weighted by atomic mass is 10.2. The molecule has 0 radical (unpaired) electrons. The summed E-state index contributed by atoms with van der Waals surface area (Å²) in [7, 11) is 0. The van der Waals surface area contributed by atoms with Gasteiger partial charge in [-0.05, 0) is 30.3 Å². The molecule has 0 aliphatic carbocycles. The zero-order valence-electron chi connectivity index (χ0n) is 11.6. The van der Waals surface area contributed by atoms with Crippen LogP contribution in [-0.2, 0) is 0 Å². The molecule has 1 aromatic heterocycles. The highest BCUT2D eigenvalue weighted by atomic mass is 35.5. The lowest BCUT2D eigenvalue weighted by Crippen LogP contribution is -2.22. The third-order valence-electron chi connectivity index (χ3n) is 3.04. The maximum absolute atomic E-state index is 12.0. The van der Waals surface area contributed by atoms with E-state index >= 15 is 0 Å². The Hall–Kier alpha value is -2.70. The Bertz CT molecular complexity index is 853. The summed E-state index contributed by atoms with van der Waals surface area (Å²) in [6, 6.07) is 16.5. The number of rotatable bonds is 2. The van der Waals surface area contributed by atoms with E-state index in [0.29, 0.717) is 10.6 Å². The number of amides is 1. The van der Waals surface area contributed by atoms with Crippen molar-refractivity contribution >= 4 is 28.5 Å². The molecule has 0 aliphatic heterocycles. The topological polar surface area (TPSA) is 42.2 Å². The second kappa shape index (κ2) is 6.38. The zero-order chi connectivity index (χ0) is 15.4. The van der Waals surface area contributed by atoms with Crippen LogP contribution in [0.2, 0.25) is 5.02 Å². The normalized spacial score (nSPS) is 10.0. The van der Waals surface area contributed by atoms with Crippen molar-refractivity contribution in [2.75, 3.05) is 6.54 Å². The molecule has 0 aliphatic rings. The lowest BCUT2D eigenvalue weighted by molar-refractivity contribution is 0.0933. The van der Waals surface area contributed by atoms with E-state index in [2.05, 4.69) is 17.2 Å². The van der Waals surface area contributed by atoms with Gasteiger partial charge in [0.15, 0.2) is 5.76 Å². The average molecular weight is 310 g/mol. The number of nitrogens with one attached hydrogen (secondary N) is 1. The molecule has 108 valence electrons. The van der Waals surface area contributed by atoms with E-state index < -0.39 is 0 Å². The number of furan rings is 1. The van der Waals surface area contributed by atoms with Gasteiger partial charge in [-0.1, -0.05) is 47.7 Å². The van der Waals surface area contributed by atoms with E-state index in [1.807, 2.05) is 36.4 Å². The molecule has 0 fully saturated rings. The molecule has 0 bridgehead atoms. The summed E-state index contributed by atoms with van der Waals surface area (Å²) in [6.45, 7) is 0.238. The summed E-state index contributed by atoms with van der Waals surface area (Å²) in [5.41, 5.74) is 1.50. The summed E-state index contributed by atoms with van der Waals surface area (Å²) < 4.78 is 5.48. The fraction of sp³-hybridized carbons (Fsp3) is 0.0556. The van der Waals surface area contributed by atoms with Crippen LogP contribution in [0.1, 0.15) is 16.1 Å². The summed E-state index contributed by atoms with van der Waals surface area (Å²) in [4.78, 5) is 12.0. The smallest absolute Gasteiger partial charge is 0.287 e. The average Bonchev–Trinajstić information content (AvgIpc) is 2.95. The Morgan fingerprint density at radius 2 is 2.00 bits per heavy atom. The Balaban J connectivity index is 1.63. The van der Waals surface area contributed by atoms with Crippen LogP contribution in [0.4, 0.5) is 0 Å². The second-order valence-corrected chi connectivity index (χ2v) is 5.08. The van der Waals surface area contributed by atoms with E-state index in [4.69, 9.17) is 16.0 Å². The molecule has 4 heteroatoms. The molecule has 3 aromatic rings. The monoisotopic (exact) mass is 309 g/mol. The first-order chi connectivity index (χ1) is 10.7. The molecule has 1 heterocycles. The molecular weight excluding hydrogens is 298 g/mol. The third-order valence-corrected chi connectivity index (χ3v) is 3.28. The van der Waals surface area contributed by atoms with Crippen LogP contribution in [-0.4, -0.2) is 12.5 Å². The van der Waals surface area contributed by atoms with Gasteiger partial charge in [-0.25, -0.2) is 0 Å². The van der Waals surface area contributed by atoms with Crippen molar-refractivity contribution in [3.63, 3.8) is 0 Å². The minimum atomic E-state index is -0.281. The van der Waals surface area contributed by atoms with Gasteiger partial charge in [0, 0.05) is 16.0 Å². The van der Waals surface area contributed by atoms with Gasteiger partial charge in [-0.3, -0.25) is 4.79 Å². The van der Waals surface area contributed by atoms with Gasteiger partial charge in [0.05, 0.1) is 6.54 Å².